The van der Waals surface area contributed by atoms with Gasteiger partial charge in [0.1, 0.15) is 11.5 Å². The molecule has 2 aromatic rings. The Morgan fingerprint density at radius 1 is 1.14 bits per heavy atom. The minimum Gasteiger partial charge on any atom is -0.497 e. The molecule has 0 bridgehead atoms. The Bertz CT molecular complexity index is 1000. The summed E-state index contributed by atoms with van der Waals surface area (Å²) < 4.78 is 39.1. The van der Waals surface area contributed by atoms with E-state index in [2.05, 4.69) is 4.72 Å². The largest absolute Gasteiger partial charge is 0.497 e. The molecule has 0 fully saturated rings. The second-order valence-electron chi connectivity index (χ2n) is 6.66. The fourth-order valence-corrected chi connectivity index (χ4v) is 4.69. The molecule has 0 saturated heterocycles. The van der Waals surface area contributed by atoms with E-state index in [1.54, 1.807) is 49.3 Å². The van der Waals surface area contributed by atoms with Gasteiger partial charge in [-0.2, -0.15) is 0 Å². The van der Waals surface area contributed by atoms with Crippen LogP contribution < -0.4 is 19.1 Å². The van der Waals surface area contributed by atoms with Gasteiger partial charge in [0, 0.05) is 30.8 Å². The lowest BCUT2D eigenvalue weighted by molar-refractivity contribution is -0.116. The maximum atomic E-state index is 12.9. The zero-order chi connectivity index (χ0) is 20.5. The monoisotopic (exact) mass is 404 g/mol. The highest BCUT2D eigenvalue weighted by Gasteiger charge is 2.26. The molecule has 28 heavy (non-hydrogen) atoms. The quantitative estimate of drug-likeness (QED) is 0.800. The van der Waals surface area contributed by atoms with Crippen LogP contribution in [0.25, 0.3) is 0 Å². The molecule has 0 saturated carbocycles. The van der Waals surface area contributed by atoms with Gasteiger partial charge >= 0.3 is 0 Å². The third kappa shape index (κ3) is 3.83. The van der Waals surface area contributed by atoms with Crippen molar-refractivity contribution in [3.05, 3.63) is 47.5 Å². The van der Waals surface area contributed by atoms with E-state index in [1.165, 1.54) is 20.1 Å². The first-order valence-corrected chi connectivity index (χ1v) is 10.4. The lowest BCUT2D eigenvalue weighted by Gasteiger charge is -2.19. The predicted octanol–water partition coefficient (Wildman–Crippen LogP) is 2.65. The van der Waals surface area contributed by atoms with Gasteiger partial charge in [0.15, 0.2) is 0 Å². The number of fused-ring (bicyclic) bond motifs is 1. The van der Waals surface area contributed by atoms with Crippen molar-refractivity contribution in [1.29, 1.82) is 0 Å². The summed E-state index contributed by atoms with van der Waals surface area (Å²) in [5, 5.41) is 0. The van der Waals surface area contributed by atoms with Crippen molar-refractivity contribution < 1.29 is 22.7 Å². The SMILES string of the molecule is COc1ccc(OC)c(C(C)NS(=O)(=O)c2ccc3c(c2)CCN3C(C)=O)c1. The minimum atomic E-state index is -3.76. The highest BCUT2D eigenvalue weighted by Crippen LogP contribution is 2.32. The fourth-order valence-electron chi connectivity index (χ4n) is 3.41. The topological polar surface area (TPSA) is 84.9 Å². The van der Waals surface area contributed by atoms with Crippen molar-refractivity contribution in [2.45, 2.75) is 31.2 Å². The van der Waals surface area contributed by atoms with Crippen LogP contribution in [0, 0.1) is 0 Å². The molecule has 8 heteroatoms. The van der Waals surface area contributed by atoms with Crippen LogP contribution in [0.5, 0.6) is 11.5 Å². The van der Waals surface area contributed by atoms with Gasteiger partial charge in [-0.05, 0) is 55.3 Å². The second kappa shape index (κ2) is 7.81. The maximum absolute atomic E-state index is 12.9. The van der Waals surface area contributed by atoms with Gasteiger partial charge < -0.3 is 14.4 Å². The maximum Gasteiger partial charge on any atom is 0.241 e. The van der Waals surface area contributed by atoms with Crippen LogP contribution in [0.3, 0.4) is 0 Å². The number of methoxy groups -OCH3 is 2. The number of ether oxygens (including phenoxy) is 2. The summed E-state index contributed by atoms with van der Waals surface area (Å²) in [5.41, 5.74) is 2.30. The van der Waals surface area contributed by atoms with Crippen molar-refractivity contribution in [3.8, 4) is 11.5 Å². The lowest BCUT2D eigenvalue weighted by Crippen LogP contribution is -2.27. The Labute approximate surface area is 165 Å². The molecule has 1 atom stereocenters. The van der Waals surface area contributed by atoms with E-state index in [0.29, 0.717) is 30.0 Å². The van der Waals surface area contributed by atoms with Crippen molar-refractivity contribution in [2.24, 2.45) is 0 Å². The highest BCUT2D eigenvalue weighted by molar-refractivity contribution is 7.89. The molecule has 150 valence electrons. The molecule has 1 N–H and O–H groups in total. The summed E-state index contributed by atoms with van der Waals surface area (Å²) in [6, 6.07) is 9.56. The molecule has 1 amide bonds. The van der Waals surface area contributed by atoms with Crippen LogP contribution in [-0.4, -0.2) is 35.1 Å². The molecule has 0 aliphatic carbocycles. The zero-order valence-corrected chi connectivity index (χ0v) is 17.2. The highest BCUT2D eigenvalue weighted by atomic mass is 32.2. The Hall–Kier alpha value is -2.58. The van der Waals surface area contributed by atoms with E-state index in [4.69, 9.17) is 9.47 Å². The minimum absolute atomic E-state index is 0.0498. The summed E-state index contributed by atoms with van der Waals surface area (Å²) >= 11 is 0. The van der Waals surface area contributed by atoms with Crippen LogP contribution in [0.4, 0.5) is 5.69 Å². The molecule has 0 aromatic heterocycles. The van der Waals surface area contributed by atoms with Crippen molar-refractivity contribution in [1.82, 2.24) is 4.72 Å². The predicted molar refractivity (Wildman–Crippen MR) is 106 cm³/mol. The van der Waals surface area contributed by atoms with Gasteiger partial charge in [-0.15, -0.1) is 0 Å². The van der Waals surface area contributed by atoms with Gasteiger partial charge in [-0.1, -0.05) is 0 Å². The Balaban J connectivity index is 1.88. The number of nitrogens with zero attached hydrogens (tertiary/aromatic N) is 1. The van der Waals surface area contributed by atoms with E-state index in [0.717, 1.165) is 11.3 Å². The van der Waals surface area contributed by atoms with Crippen LogP contribution in [-0.2, 0) is 21.2 Å². The Morgan fingerprint density at radius 3 is 2.54 bits per heavy atom. The van der Waals surface area contributed by atoms with Crippen LogP contribution in [0.2, 0.25) is 0 Å². The van der Waals surface area contributed by atoms with E-state index >= 15 is 0 Å². The summed E-state index contributed by atoms with van der Waals surface area (Å²) in [6.07, 6.45) is 0.636. The number of carbonyl (C=O) groups is 1. The third-order valence-electron chi connectivity index (χ3n) is 4.87. The van der Waals surface area contributed by atoms with E-state index in [1.807, 2.05) is 0 Å². The summed E-state index contributed by atoms with van der Waals surface area (Å²) in [4.78, 5) is 13.5. The number of amides is 1. The van der Waals surface area contributed by atoms with E-state index in [9.17, 15) is 13.2 Å². The normalized spacial score (nSPS) is 14.5. The van der Waals surface area contributed by atoms with Gasteiger partial charge in [-0.25, -0.2) is 13.1 Å². The Morgan fingerprint density at radius 2 is 1.89 bits per heavy atom. The molecule has 0 radical (unpaired) electrons. The number of hydrogen-bond acceptors (Lipinski definition) is 5. The first-order valence-electron chi connectivity index (χ1n) is 8.92. The number of nitrogens with one attached hydrogen (secondary N) is 1. The molecular weight excluding hydrogens is 380 g/mol. The van der Waals surface area contributed by atoms with Gasteiger partial charge in [0.2, 0.25) is 15.9 Å². The number of anilines is 1. The summed E-state index contributed by atoms with van der Waals surface area (Å²) in [7, 11) is -0.675. The Kier molecular flexibility index (Phi) is 5.62. The van der Waals surface area contributed by atoms with Crippen molar-refractivity contribution >= 4 is 21.6 Å². The number of benzene rings is 2. The summed E-state index contributed by atoms with van der Waals surface area (Å²) in [6.45, 7) is 3.82. The molecule has 0 spiro atoms. The molecule has 2 aromatic carbocycles. The molecule has 7 nitrogen and oxygen atoms in total. The molecule has 1 aliphatic rings. The van der Waals surface area contributed by atoms with E-state index < -0.39 is 16.1 Å². The van der Waals surface area contributed by atoms with E-state index in [-0.39, 0.29) is 10.8 Å². The lowest BCUT2D eigenvalue weighted by atomic mass is 10.1. The number of sulfonamides is 1. The number of hydrogen-bond donors (Lipinski definition) is 1. The molecule has 1 unspecified atom stereocenters. The van der Waals surface area contributed by atoms with Gasteiger partial charge in [0.25, 0.3) is 0 Å². The van der Waals surface area contributed by atoms with Gasteiger partial charge in [0.05, 0.1) is 19.1 Å². The second-order valence-corrected chi connectivity index (χ2v) is 8.38. The van der Waals surface area contributed by atoms with Gasteiger partial charge in [-0.3, -0.25) is 4.79 Å². The average Bonchev–Trinajstić information content (AvgIpc) is 3.10. The van der Waals surface area contributed by atoms with Crippen molar-refractivity contribution in [3.63, 3.8) is 0 Å². The van der Waals surface area contributed by atoms with Crippen LogP contribution in [0.15, 0.2) is 41.3 Å². The molecular formula is C20H24N2O5S. The first-order chi connectivity index (χ1) is 13.3. The standard InChI is InChI=1S/C20H24N2O5S/c1-13(18-12-16(26-3)5-8-20(18)27-4)21-28(24,25)17-6-7-19-15(11-17)9-10-22(19)14(2)23/h5-8,11-13,21H,9-10H2,1-4H3. The molecule has 1 heterocycles. The van der Waals surface area contributed by atoms with Crippen molar-refractivity contribution in [2.75, 3.05) is 25.7 Å². The zero-order valence-electron chi connectivity index (χ0n) is 16.4. The fraction of sp³-hybridized carbons (Fsp3) is 0.350. The first kappa shape index (κ1) is 20.2. The smallest absolute Gasteiger partial charge is 0.241 e. The van der Waals surface area contributed by atoms with Crippen LogP contribution in [0.1, 0.15) is 31.0 Å². The number of rotatable bonds is 6. The third-order valence-corrected chi connectivity index (χ3v) is 6.41. The number of carbonyl (C=O) groups excluding carboxylic acids is 1. The summed E-state index contributed by atoms with van der Waals surface area (Å²) in [5.74, 6) is 1.14. The molecule has 3 rings (SSSR count). The molecule has 1 aliphatic heterocycles. The average molecular weight is 404 g/mol. The van der Waals surface area contributed by atoms with Crippen LogP contribution >= 0.6 is 0 Å².